The quantitative estimate of drug-likeness (QED) is 0.830. The van der Waals surface area contributed by atoms with Crippen LogP contribution in [0.4, 0.5) is 0 Å². The van der Waals surface area contributed by atoms with E-state index >= 15 is 0 Å². The van der Waals surface area contributed by atoms with Crippen LogP contribution in [0.15, 0.2) is 30.3 Å². The number of carbonyl (C=O) groups is 1. The molecule has 0 heterocycles. The van der Waals surface area contributed by atoms with Crippen LogP contribution in [0.2, 0.25) is 0 Å². The van der Waals surface area contributed by atoms with Crippen LogP contribution in [0.25, 0.3) is 0 Å². The van der Waals surface area contributed by atoms with Gasteiger partial charge in [-0.1, -0.05) is 50.1 Å². The Hall–Kier alpha value is -1.35. The summed E-state index contributed by atoms with van der Waals surface area (Å²) >= 11 is 0. The molecule has 1 aliphatic carbocycles. The van der Waals surface area contributed by atoms with E-state index in [4.69, 9.17) is 5.73 Å². The van der Waals surface area contributed by atoms with Crippen molar-refractivity contribution in [3.05, 3.63) is 35.9 Å². The van der Waals surface area contributed by atoms with Crippen LogP contribution in [0.1, 0.15) is 50.5 Å². The Morgan fingerprint density at radius 3 is 2.70 bits per heavy atom. The Morgan fingerprint density at radius 2 is 2.00 bits per heavy atom. The van der Waals surface area contributed by atoms with Gasteiger partial charge in [-0.2, -0.15) is 0 Å². The van der Waals surface area contributed by atoms with Crippen molar-refractivity contribution in [1.82, 2.24) is 5.32 Å². The fourth-order valence-corrected chi connectivity index (χ4v) is 3.01. The van der Waals surface area contributed by atoms with Gasteiger partial charge in [0.2, 0.25) is 5.91 Å². The number of hydrogen-bond acceptors (Lipinski definition) is 2. The van der Waals surface area contributed by atoms with Gasteiger partial charge in [0.1, 0.15) is 0 Å². The third-order valence-electron chi connectivity index (χ3n) is 4.36. The average molecular weight is 274 g/mol. The molecule has 3 nitrogen and oxygen atoms in total. The molecule has 1 fully saturated rings. The van der Waals surface area contributed by atoms with Crippen molar-refractivity contribution in [1.29, 1.82) is 0 Å². The van der Waals surface area contributed by atoms with Crippen LogP contribution in [-0.2, 0) is 4.79 Å². The standard InChI is InChI=1S/C17H26N2O/c1-13-6-5-9-15(11-10-13)19-17(20)16(12-18)14-7-3-2-4-8-14/h2-4,7-8,13,15-16H,5-6,9-12,18H2,1H3,(H,19,20). The molecule has 3 N–H and O–H groups in total. The Labute approximate surface area is 121 Å². The Kier molecular flexibility index (Phi) is 5.60. The van der Waals surface area contributed by atoms with Crippen molar-refractivity contribution in [2.24, 2.45) is 11.7 Å². The van der Waals surface area contributed by atoms with Gasteiger partial charge in [-0.3, -0.25) is 4.79 Å². The summed E-state index contributed by atoms with van der Waals surface area (Å²) in [6.45, 7) is 2.66. The number of benzene rings is 1. The smallest absolute Gasteiger partial charge is 0.229 e. The first-order chi connectivity index (χ1) is 9.70. The molecule has 3 unspecified atom stereocenters. The van der Waals surface area contributed by atoms with Crippen molar-refractivity contribution in [3.8, 4) is 0 Å². The lowest BCUT2D eigenvalue weighted by molar-refractivity contribution is -0.123. The van der Waals surface area contributed by atoms with Crippen LogP contribution in [-0.4, -0.2) is 18.5 Å². The predicted molar refractivity (Wildman–Crippen MR) is 82.4 cm³/mol. The molecule has 0 saturated heterocycles. The van der Waals surface area contributed by atoms with E-state index in [2.05, 4.69) is 12.2 Å². The van der Waals surface area contributed by atoms with Gasteiger partial charge in [0.25, 0.3) is 0 Å². The molecule has 3 heteroatoms. The van der Waals surface area contributed by atoms with Gasteiger partial charge >= 0.3 is 0 Å². The highest BCUT2D eigenvalue weighted by molar-refractivity contribution is 5.84. The number of amides is 1. The number of carbonyl (C=O) groups excluding carboxylic acids is 1. The third kappa shape index (κ3) is 4.07. The maximum Gasteiger partial charge on any atom is 0.229 e. The molecule has 3 atom stereocenters. The second kappa shape index (κ2) is 7.44. The topological polar surface area (TPSA) is 55.1 Å². The first kappa shape index (κ1) is 15.0. The zero-order chi connectivity index (χ0) is 14.4. The monoisotopic (exact) mass is 274 g/mol. The summed E-state index contributed by atoms with van der Waals surface area (Å²) in [7, 11) is 0. The molecule has 0 spiro atoms. The predicted octanol–water partition coefficient (Wildman–Crippen LogP) is 2.81. The molecule has 1 amide bonds. The van der Waals surface area contributed by atoms with Gasteiger partial charge in [0.05, 0.1) is 5.92 Å². The zero-order valence-electron chi connectivity index (χ0n) is 12.3. The minimum atomic E-state index is -0.225. The van der Waals surface area contributed by atoms with Gasteiger partial charge in [-0.15, -0.1) is 0 Å². The average Bonchev–Trinajstić information content (AvgIpc) is 2.66. The summed E-state index contributed by atoms with van der Waals surface area (Å²) in [6.07, 6.45) is 5.90. The lowest BCUT2D eigenvalue weighted by Gasteiger charge is -2.21. The van der Waals surface area contributed by atoms with Crippen molar-refractivity contribution in [2.75, 3.05) is 6.54 Å². The molecule has 0 bridgehead atoms. The molecular weight excluding hydrogens is 248 g/mol. The summed E-state index contributed by atoms with van der Waals surface area (Å²) in [5.41, 5.74) is 6.81. The second-order valence-corrected chi connectivity index (χ2v) is 6.02. The Bertz CT molecular complexity index is 418. The third-order valence-corrected chi connectivity index (χ3v) is 4.36. The molecule has 1 aliphatic rings. The Morgan fingerprint density at radius 1 is 1.25 bits per heavy atom. The SMILES string of the molecule is CC1CCCC(NC(=O)C(CN)c2ccccc2)CC1. The molecule has 0 radical (unpaired) electrons. The van der Waals surface area contributed by atoms with Crippen LogP contribution < -0.4 is 11.1 Å². The maximum absolute atomic E-state index is 12.4. The first-order valence-corrected chi connectivity index (χ1v) is 7.76. The summed E-state index contributed by atoms with van der Waals surface area (Å²) in [4.78, 5) is 12.4. The summed E-state index contributed by atoms with van der Waals surface area (Å²) < 4.78 is 0. The van der Waals surface area contributed by atoms with E-state index in [0.29, 0.717) is 12.6 Å². The largest absolute Gasteiger partial charge is 0.353 e. The highest BCUT2D eigenvalue weighted by Crippen LogP contribution is 2.23. The molecule has 1 saturated carbocycles. The van der Waals surface area contributed by atoms with Gasteiger partial charge in [0.15, 0.2) is 0 Å². The van der Waals surface area contributed by atoms with Crippen LogP contribution in [0, 0.1) is 5.92 Å². The molecule has 20 heavy (non-hydrogen) atoms. The Balaban J connectivity index is 1.95. The molecular formula is C17H26N2O. The van der Waals surface area contributed by atoms with E-state index in [1.807, 2.05) is 30.3 Å². The van der Waals surface area contributed by atoms with Gasteiger partial charge < -0.3 is 11.1 Å². The number of rotatable bonds is 4. The van der Waals surface area contributed by atoms with Crippen LogP contribution in [0.5, 0.6) is 0 Å². The van der Waals surface area contributed by atoms with Gasteiger partial charge in [-0.25, -0.2) is 0 Å². The normalized spacial score (nSPS) is 24.7. The number of hydrogen-bond donors (Lipinski definition) is 2. The maximum atomic E-state index is 12.4. The van der Waals surface area contributed by atoms with E-state index < -0.39 is 0 Å². The summed E-state index contributed by atoms with van der Waals surface area (Å²) in [5.74, 6) is 0.645. The highest BCUT2D eigenvalue weighted by Gasteiger charge is 2.23. The van der Waals surface area contributed by atoms with E-state index in [1.54, 1.807) is 0 Å². The molecule has 0 aromatic heterocycles. The fourth-order valence-electron chi connectivity index (χ4n) is 3.01. The van der Waals surface area contributed by atoms with Crippen molar-refractivity contribution in [2.45, 2.75) is 51.0 Å². The fraction of sp³-hybridized carbons (Fsp3) is 0.588. The minimum Gasteiger partial charge on any atom is -0.353 e. The highest BCUT2D eigenvalue weighted by atomic mass is 16.1. The summed E-state index contributed by atoms with van der Waals surface area (Å²) in [5, 5.41) is 3.21. The van der Waals surface area contributed by atoms with E-state index in [0.717, 1.165) is 24.3 Å². The van der Waals surface area contributed by atoms with E-state index in [-0.39, 0.29) is 11.8 Å². The lowest BCUT2D eigenvalue weighted by Crippen LogP contribution is -2.40. The van der Waals surface area contributed by atoms with Gasteiger partial charge in [-0.05, 0) is 30.7 Å². The minimum absolute atomic E-state index is 0.0817. The first-order valence-electron chi connectivity index (χ1n) is 7.76. The van der Waals surface area contributed by atoms with Crippen molar-refractivity contribution in [3.63, 3.8) is 0 Å². The molecule has 0 aliphatic heterocycles. The van der Waals surface area contributed by atoms with Crippen molar-refractivity contribution >= 4 is 5.91 Å². The lowest BCUT2D eigenvalue weighted by atomic mass is 9.97. The van der Waals surface area contributed by atoms with Crippen molar-refractivity contribution < 1.29 is 4.79 Å². The van der Waals surface area contributed by atoms with E-state index in [9.17, 15) is 4.79 Å². The van der Waals surface area contributed by atoms with Crippen LogP contribution in [0.3, 0.4) is 0 Å². The van der Waals surface area contributed by atoms with Crippen LogP contribution >= 0.6 is 0 Å². The number of nitrogens with one attached hydrogen (secondary N) is 1. The molecule has 2 rings (SSSR count). The molecule has 1 aromatic carbocycles. The van der Waals surface area contributed by atoms with Gasteiger partial charge in [0, 0.05) is 12.6 Å². The second-order valence-electron chi connectivity index (χ2n) is 6.02. The number of nitrogens with two attached hydrogens (primary N) is 1. The molecule has 110 valence electrons. The molecule has 1 aromatic rings. The van der Waals surface area contributed by atoms with E-state index in [1.165, 1.54) is 19.3 Å². The zero-order valence-corrected chi connectivity index (χ0v) is 12.3. The summed E-state index contributed by atoms with van der Waals surface area (Å²) in [6, 6.07) is 10.2.